The number of halogens is 1. The summed E-state index contributed by atoms with van der Waals surface area (Å²) in [5.74, 6) is -0.408. The number of aliphatic imine (C=N–C) groups is 2. The number of amidine groups is 1. The lowest BCUT2D eigenvalue weighted by atomic mass is 9.99. The van der Waals surface area contributed by atoms with Gasteiger partial charge in [-0.2, -0.15) is 0 Å². The van der Waals surface area contributed by atoms with E-state index in [2.05, 4.69) is 21.7 Å². The van der Waals surface area contributed by atoms with E-state index in [4.69, 9.17) is 0 Å². The van der Waals surface area contributed by atoms with Gasteiger partial charge in [0.2, 0.25) is 0 Å². The minimum Gasteiger partial charge on any atom is -0.508 e. The molecule has 4 rings (SSSR count). The van der Waals surface area contributed by atoms with Gasteiger partial charge in [0.05, 0.1) is 11.7 Å². The van der Waals surface area contributed by atoms with Crippen LogP contribution in [0.4, 0.5) is 10.1 Å². The highest BCUT2D eigenvalue weighted by molar-refractivity contribution is 6.04. The molecule has 8 heteroatoms. The zero-order valence-electron chi connectivity index (χ0n) is 16.2. The monoisotopic (exact) mass is 408 g/mol. The molecule has 0 radical (unpaired) electrons. The largest absolute Gasteiger partial charge is 0.508 e. The molecule has 1 aliphatic heterocycles. The Hall–Kier alpha value is -3.36. The fraction of sp³-hybridized carbons (Fsp3) is 0.227. The number of phenols is 1. The highest BCUT2D eigenvalue weighted by Gasteiger charge is 2.28. The molecule has 0 spiro atoms. The zero-order valence-corrected chi connectivity index (χ0v) is 16.2. The van der Waals surface area contributed by atoms with Crippen LogP contribution in [0.15, 0.2) is 52.6 Å². The highest BCUT2D eigenvalue weighted by atomic mass is 19.1. The topological polar surface area (TPSA) is 102 Å². The fourth-order valence-electron chi connectivity index (χ4n) is 3.83. The summed E-state index contributed by atoms with van der Waals surface area (Å²) in [7, 11) is 0. The molecule has 0 bridgehead atoms. The first-order chi connectivity index (χ1) is 14.5. The minimum atomic E-state index is -0.705. The molecular weight excluding hydrogens is 387 g/mol. The number of likely N-dealkylation sites (tertiary alicyclic amines) is 1. The molecule has 1 aliphatic rings. The number of phenolic OH excluding ortho intramolecular Hbond substituents is 1. The van der Waals surface area contributed by atoms with Crippen molar-refractivity contribution < 1.29 is 19.7 Å². The summed E-state index contributed by atoms with van der Waals surface area (Å²) in [6.07, 6.45) is 1.45. The van der Waals surface area contributed by atoms with Crippen molar-refractivity contribution in [2.75, 3.05) is 19.8 Å². The van der Waals surface area contributed by atoms with Gasteiger partial charge >= 0.3 is 0 Å². The highest BCUT2D eigenvalue weighted by Crippen LogP contribution is 2.37. The Morgan fingerprint density at radius 1 is 1.30 bits per heavy atom. The molecule has 154 valence electrons. The molecule has 1 atom stereocenters. The SMILES string of the molecule is C=Nc1c(/C(=N\CO)N2CCC(O)C2)cnc(-c2cc(O)cc3ccccc23)c1F. The number of nitrogens with zero attached hydrogens (tertiary/aromatic N) is 4. The summed E-state index contributed by atoms with van der Waals surface area (Å²) in [6.45, 7) is 3.82. The number of hydrogen-bond acceptors (Lipinski definition) is 6. The van der Waals surface area contributed by atoms with Crippen LogP contribution in [0.5, 0.6) is 5.75 Å². The Kier molecular flexibility index (Phi) is 5.43. The van der Waals surface area contributed by atoms with Crippen molar-refractivity contribution in [2.24, 2.45) is 9.98 Å². The second-order valence-corrected chi connectivity index (χ2v) is 7.07. The maximum atomic E-state index is 15.6. The summed E-state index contributed by atoms with van der Waals surface area (Å²) < 4.78 is 15.6. The van der Waals surface area contributed by atoms with Gasteiger partial charge in [0, 0.05) is 24.8 Å². The average molecular weight is 408 g/mol. The van der Waals surface area contributed by atoms with Gasteiger partial charge in [-0.3, -0.25) is 9.98 Å². The van der Waals surface area contributed by atoms with Crippen molar-refractivity contribution >= 4 is 29.0 Å². The molecule has 7 nitrogen and oxygen atoms in total. The standard InChI is InChI=1S/C22H21FN4O3/c1-24-20-18(22(26-12-28)27-7-6-14(29)11-27)10-25-21(19(20)23)17-9-15(30)8-13-4-2-3-5-16(13)17/h2-5,8-10,14,28-30H,1,6-7,11-12H2/b26-22+. The molecular formula is C22H21FN4O3. The van der Waals surface area contributed by atoms with Gasteiger partial charge in [-0.15, -0.1) is 0 Å². The van der Waals surface area contributed by atoms with E-state index in [0.717, 1.165) is 10.8 Å². The van der Waals surface area contributed by atoms with Crippen LogP contribution >= 0.6 is 0 Å². The van der Waals surface area contributed by atoms with Gasteiger partial charge in [-0.25, -0.2) is 9.38 Å². The molecule has 1 fully saturated rings. The zero-order chi connectivity index (χ0) is 21.3. The van der Waals surface area contributed by atoms with E-state index in [-0.39, 0.29) is 22.7 Å². The molecule has 3 N–H and O–H groups in total. The van der Waals surface area contributed by atoms with Gasteiger partial charge in [0.1, 0.15) is 29.7 Å². The normalized spacial score (nSPS) is 17.0. The Bertz CT molecular complexity index is 1150. The van der Waals surface area contributed by atoms with Crippen molar-refractivity contribution in [1.29, 1.82) is 0 Å². The number of β-amino-alcohol motifs (C(OH)–C–C–N with tert-alkyl or cyclic N) is 1. The second kappa shape index (κ2) is 8.17. The molecule has 3 aromatic rings. The smallest absolute Gasteiger partial charge is 0.175 e. The van der Waals surface area contributed by atoms with Crippen molar-refractivity contribution in [3.8, 4) is 17.0 Å². The molecule has 1 unspecified atom stereocenters. The Balaban J connectivity index is 1.89. The summed E-state index contributed by atoms with van der Waals surface area (Å²) >= 11 is 0. The van der Waals surface area contributed by atoms with Crippen LogP contribution in [0.1, 0.15) is 12.0 Å². The number of rotatable bonds is 4. The van der Waals surface area contributed by atoms with Gasteiger partial charge in [-0.1, -0.05) is 24.3 Å². The Morgan fingerprint density at radius 2 is 2.10 bits per heavy atom. The number of pyridine rings is 1. The number of aromatic nitrogens is 1. The molecule has 0 amide bonds. The van der Waals surface area contributed by atoms with Crippen molar-refractivity contribution in [1.82, 2.24) is 9.88 Å². The maximum Gasteiger partial charge on any atom is 0.175 e. The lowest BCUT2D eigenvalue weighted by Gasteiger charge is -2.22. The van der Waals surface area contributed by atoms with Crippen LogP contribution < -0.4 is 0 Å². The van der Waals surface area contributed by atoms with Gasteiger partial charge in [-0.05, 0) is 36.0 Å². The lowest BCUT2D eigenvalue weighted by Crippen LogP contribution is -2.31. The fourth-order valence-corrected chi connectivity index (χ4v) is 3.83. The van der Waals surface area contributed by atoms with Gasteiger partial charge in [0.25, 0.3) is 0 Å². The Morgan fingerprint density at radius 3 is 2.80 bits per heavy atom. The van der Waals surface area contributed by atoms with Crippen molar-refractivity contribution in [2.45, 2.75) is 12.5 Å². The van der Waals surface area contributed by atoms with E-state index in [1.54, 1.807) is 11.0 Å². The van der Waals surface area contributed by atoms with Crippen LogP contribution in [-0.4, -0.2) is 63.7 Å². The molecule has 2 heterocycles. The number of aliphatic hydroxyl groups excluding tert-OH is 2. The minimum absolute atomic E-state index is 0.00400. The van der Waals surface area contributed by atoms with Crippen molar-refractivity contribution in [3.63, 3.8) is 0 Å². The average Bonchev–Trinajstić information content (AvgIpc) is 3.17. The second-order valence-electron chi connectivity index (χ2n) is 7.07. The van der Waals surface area contributed by atoms with E-state index in [9.17, 15) is 15.3 Å². The maximum absolute atomic E-state index is 15.6. The predicted molar refractivity (Wildman–Crippen MR) is 114 cm³/mol. The number of aliphatic hydroxyl groups is 2. The third-order valence-corrected chi connectivity index (χ3v) is 5.18. The number of hydrogen-bond donors (Lipinski definition) is 3. The van der Waals surface area contributed by atoms with Crippen LogP contribution in [0.3, 0.4) is 0 Å². The lowest BCUT2D eigenvalue weighted by molar-refractivity contribution is 0.188. The van der Waals surface area contributed by atoms with E-state index < -0.39 is 18.7 Å². The van der Waals surface area contributed by atoms with E-state index in [1.165, 1.54) is 12.3 Å². The van der Waals surface area contributed by atoms with Gasteiger partial charge in [0.15, 0.2) is 5.82 Å². The first kappa shape index (κ1) is 19.9. The first-order valence-electron chi connectivity index (χ1n) is 9.49. The van der Waals surface area contributed by atoms with Crippen LogP contribution in [-0.2, 0) is 0 Å². The first-order valence-corrected chi connectivity index (χ1v) is 9.49. The summed E-state index contributed by atoms with van der Waals surface area (Å²) in [6, 6.07) is 10.4. The van der Waals surface area contributed by atoms with Crippen LogP contribution in [0.2, 0.25) is 0 Å². The molecule has 1 aromatic heterocycles. The number of fused-ring (bicyclic) bond motifs is 1. The van der Waals surface area contributed by atoms with Crippen LogP contribution in [0, 0.1) is 5.82 Å². The molecule has 0 aliphatic carbocycles. The van der Waals surface area contributed by atoms with E-state index >= 15 is 4.39 Å². The number of benzene rings is 2. The number of aromatic hydroxyl groups is 1. The summed E-state index contributed by atoms with van der Waals surface area (Å²) in [5, 5.41) is 30.8. The molecule has 0 saturated carbocycles. The summed E-state index contributed by atoms with van der Waals surface area (Å²) in [4.78, 5) is 14.0. The van der Waals surface area contributed by atoms with E-state index in [0.29, 0.717) is 30.9 Å². The van der Waals surface area contributed by atoms with E-state index in [1.807, 2.05) is 24.3 Å². The Labute approximate surface area is 172 Å². The molecule has 1 saturated heterocycles. The third-order valence-electron chi connectivity index (χ3n) is 5.18. The molecule has 30 heavy (non-hydrogen) atoms. The predicted octanol–water partition coefficient (Wildman–Crippen LogP) is 2.84. The van der Waals surface area contributed by atoms with Crippen LogP contribution in [0.25, 0.3) is 22.0 Å². The molecule has 2 aromatic carbocycles. The van der Waals surface area contributed by atoms with Crippen molar-refractivity contribution in [3.05, 3.63) is 54.0 Å². The quantitative estimate of drug-likeness (QED) is 0.455. The third kappa shape index (κ3) is 3.51. The summed E-state index contributed by atoms with van der Waals surface area (Å²) in [5.41, 5.74) is 0.676. The van der Waals surface area contributed by atoms with Gasteiger partial charge < -0.3 is 20.2 Å².